The van der Waals surface area contributed by atoms with Crippen molar-refractivity contribution in [3.8, 4) is 0 Å². The Hall–Kier alpha value is -1.40. The average Bonchev–Trinajstić information content (AvgIpc) is 3.02. The van der Waals surface area contributed by atoms with Gasteiger partial charge in [0.2, 0.25) is 5.91 Å². The van der Waals surface area contributed by atoms with E-state index in [1.165, 1.54) is 0 Å². The lowest BCUT2D eigenvalue weighted by atomic mass is 9.98. The molecule has 140 valence electrons. The van der Waals surface area contributed by atoms with Gasteiger partial charge < -0.3 is 14.1 Å². The molecule has 0 saturated carbocycles. The summed E-state index contributed by atoms with van der Waals surface area (Å²) in [5, 5.41) is 0. The molecule has 2 aliphatic heterocycles. The minimum absolute atomic E-state index is 0.173. The molecule has 6 heteroatoms. The number of aromatic nitrogens is 1. The molecule has 0 radical (unpaired) electrons. The van der Waals surface area contributed by atoms with Gasteiger partial charge in [0.1, 0.15) is 11.5 Å². The molecule has 3 heterocycles. The van der Waals surface area contributed by atoms with Gasteiger partial charge in [0.25, 0.3) is 0 Å². The molecule has 1 aromatic rings. The Morgan fingerprint density at radius 2 is 1.96 bits per heavy atom. The molecule has 0 unspecified atom stereocenters. The first kappa shape index (κ1) is 18.4. The van der Waals surface area contributed by atoms with Crippen molar-refractivity contribution in [2.45, 2.75) is 59.0 Å². The van der Waals surface area contributed by atoms with Crippen LogP contribution < -0.4 is 0 Å². The Balaban J connectivity index is 1.66. The van der Waals surface area contributed by atoms with E-state index in [0.717, 1.165) is 49.7 Å². The molecule has 1 saturated heterocycles. The van der Waals surface area contributed by atoms with Gasteiger partial charge in [-0.05, 0) is 26.2 Å². The van der Waals surface area contributed by atoms with Crippen LogP contribution in [0.3, 0.4) is 0 Å². The molecule has 1 amide bonds. The van der Waals surface area contributed by atoms with Crippen molar-refractivity contribution in [1.82, 2.24) is 14.8 Å². The molecule has 6 nitrogen and oxygen atoms in total. The Labute approximate surface area is 150 Å². The first-order chi connectivity index (χ1) is 11.9. The number of hydrogen-bond acceptors (Lipinski definition) is 5. The summed E-state index contributed by atoms with van der Waals surface area (Å²) in [6.45, 7) is 12.7. The van der Waals surface area contributed by atoms with Gasteiger partial charge in [0, 0.05) is 32.5 Å². The lowest BCUT2D eigenvalue weighted by molar-refractivity contribution is -0.146. The molecule has 0 atom stereocenters. The van der Waals surface area contributed by atoms with E-state index in [4.69, 9.17) is 9.15 Å². The quantitative estimate of drug-likeness (QED) is 0.816. The molecule has 3 rings (SSSR count). The summed E-state index contributed by atoms with van der Waals surface area (Å²) < 4.78 is 11.3. The minimum Gasteiger partial charge on any atom is -0.445 e. The topological polar surface area (TPSA) is 58.8 Å². The van der Waals surface area contributed by atoms with Crippen LogP contribution >= 0.6 is 0 Å². The molecule has 1 aromatic heterocycles. The molecule has 0 spiro atoms. The van der Waals surface area contributed by atoms with Gasteiger partial charge in [0.05, 0.1) is 25.3 Å². The highest BCUT2D eigenvalue weighted by Crippen LogP contribution is 2.25. The zero-order valence-corrected chi connectivity index (χ0v) is 16.0. The third-order valence-electron chi connectivity index (χ3n) is 5.32. The molecule has 2 aliphatic rings. The maximum atomic E-state index is 13.1. The maximum Gasteiger partial charge on any atom is 0.242 e. The number of rotatable bonds is 5. The number of fused-ring (bicyclic) bond motifs is 1. The van der Waals surface area contributed by atoms with Crippen molar-refractivity contribution in [2.75, 3.05) is 32.8 Å². The van der Waals surface area contributed by atoms with Crippen LogP contribution in [0.1, 0.15) is 51.5 Å². The molecule has 0 aliphatic carbocycles. The summed E-state index contributed by atoms with van der Waals surface area (Å²) in [7, 11) is 0. The number of nitrogens with zero attached hydrogens (tertiary/aromatic N) is 3. The number of amides is 1. The Morgan fingerprint density at radius 1 is 1.24 bits per heavy atom. The van der Waals surface area contributed by atoms with Crippen molar-refractivity contribution in [3.63, 3.8) is 0 Å². The highest BCUT2D eigenvalue weighted by molar-refractivity contribution is 5.85. The van der Waals surface area contributed by atoms with Crippen molar-refractivity contribution in [2.24, 2.45) is 5.92 Å². The second kappa shape index (κ2) is 7.46. The predicted molar refractivity (Wildman–Crippen MR) is 95.3 cm³/mol. The monoisotopic (exact) mass is 349 g/mol. The number of ether oxygens (including phenoxy) is 1. The van der Waals surface area contributed by atoms with Crippen LogP contribution in [0.25, 0.3) is 0 Å². The first-order valence-corrected chi connectivity index (χ1v) is 9.47. The summed E-state index contributed by atoms with van der Waals surface area (Å²) in [5.74, 6) is 2.59. The normalized spacial score (nSPS) is 19.3. The molecule has 0 aromatic carbocycles. The van der Waals surface area contributed by atoms with Gasteiger partial charge in [0.15, 0.2) is 5.89 Å². The first-order valence-electron chi connectivity index (χ1n) is 9.47. The van der Waals surface area contributed by atoms with E-state index >= 15 is 0 Å². The fourth-order valence-corrected chi connectivity index (χ4v) is 3.59. The van der Waals surface area contributed by atoms with Crippen LogP contribution in [-0.4, -0.2) is 59.1 Å². The van der Waals surface area contributed by atoms with E-state index in [1.54, 1.807) is 0 Å². The SMILES string of the molecule is CC(C)CCc1nc2c(o1)CCN(C(=O)C(C)(C)N1CCOCC1)C2. The molecule has 0 N–H and O–H groups in total. The van der Waals surface area contributed by atoms with E-state index < -0.39 is 5.54 Å². The molecular weight excluding hydrogens is 318 g/mol. The zero-order valence-electron chi connectivity index (χ0n) is 16.0. The number of carbonyl (C=O) groups excluding carboxylic acids is 1. The molecule has 1 fully saturated rings. The highest BCUT2D eigenvalue weighted by Gasteiger charge is 2.39. The van der Waals surface area contributed by atoms with E-state index in [0.29, 0.717) is 32.2 Å². The predicted octanol–water partition coefficient (Wildman–Crippen LogP) is 2.26. The number of oxazole rings is 1. The van der Waals surface area contributed by atoms with E-state index in [1.807, 2.05) is 18.7 Å². The largest absolute Gasteiger partial charge is 0.445 e. The standard InChI is InChI=1S/C19H31N3O3/c1-14(2)5-6-17-20-15-13-21(8-7-16(15)25-17)18(23)19(3,4)22-9-11-24-12-10-22/h14H,5-13H2,1-4H3. The lowest BCUT2D eigenvalue weighted by Crippen LogP contribution is -2.59. The van der Waals surface area contributed by atoms with Crippen LogP contribution in [0.4, 0.5) is 0 Å². The van der Waals surface area contributed by atoms with E-state index in [9.17, 15) is 4.79 Å². The number of morpholine rings is 1. The maximum absolute atomic E-state index is 13.1. The van der Waals surface area contributed by atoms with Crippen molar-refractivity contribution < 1.29 is 13.9 Å². The van der Waals surface area contributed by atoms with E-state index in [-0.39, 0.29) is 5.91 Å². The second-order valence-electron chi connectivity index (χ2n) is 8.05. The van der Waals surface area contributed by atoms with Crippen molar-refractivity contribution in [3.05, 3.63) is 17.3 Å². The van der Waals surface area contributed by atoms with Crippen LogP contribution in [0.15, 0.2) is 4.42 Å². The Kier molecular flexibility index (Phi) is 5.49. The van der Waals surface area contributed by atoms with Gasteiger partial charge in [-0.15, -0.1) is 0 Å². The average molecular weight is 349 g/mol. The third-order valence-corrected chi connectivity index (χ3v) is 5.32. The summed E-state index contributed by atoms with van der Waals surface area (Å²) in [5.41, 5.74) is 0.432. The molecular formula is C19H31N3O3. The fourth-order valence-electron chi connectivity index (χ4n) is 3.59. The van der Waals surface area contributed by atoms with Crippen molar-refractivity contribution in [1.29, 1.82) is 0 Å². The Morgan fingerprint density at radius 3 is 2.64 bits per heavy atom. The van der Waals surface area contributed by atoms with Crippen LogP contribution in [-0.2, 0) is 28.9 Å². The van der Waals surface area contributed by atoms with Gasteiger partial charge in [-0.25, -0.2) is 4.98 Å². The van der Waals surface area contributed by atoms with Gasteiger partial charge in [-0.2, -0.15) is 0 Å². The molecule has 25 heavy (non-hydrogen) atoms. The summed E-state index contributed by atoms with van der Waals surface area (Å²) in [6, 6.07) is 0. The zero-order chi connectivity index (χ0) is 18.0. The summed E-state index contributed by atoms with van der Waals surface area (Å²) >= 11 is 0. The number of aryl methyl sites for hydroxylation is 1. The number of hydrogen-bond donors (Lipinski definition) is 0. The molecule has 0 bridgehead atoms. The summed E-state index contributed by atoms with van der Waals surface area (Å²) in [6.07, 6.45) is 2.71. The smallest absolute Gasteiger partial charge is 0.242 e. The van der Waals surface area contributed by atoms with E-state index in [2.05, 4.69) is 23.7 Å². The Bertz CT molecular complexity index is 603. The highest BCUT2D eigenvalue weighted by atomic mass is 16.5. The van der Waals surface area contributed by atoms with Crippen LogP contribution in [0, 0.1) is 5.92 Å². The van der Waals surface area contributed by atoms with Crippen LogP contribution in [0.5, 0.6) is 0 Å². The second-order valence-corrected chi connectivity index (χ2v) is 8.05. The number of carbonyl (C=O) groups is 1. The summed E-state index contributed by atoms with van der Waals surface area (Å²) in [4.78, 5) is 22.0. The van der Waals surface area contributed by atoms with Gasteiger partial charge in [-0.1, -0.05) is 13.8 Å². The van der Waals surface area contributed by atoms with Crippen LogP contribution in [0.2, 0.25) is 0 Å². The van der Waals surface area contributed by atoms with Gasteiger partial charge >= 0.3 is 0 Å². The van der Waals surface area contributed by atoms with Crippen molar-refractivity contribution >= 4 is 5.91 Å². The fraction of sp³-hybridized carbons (Fsp3) is 0.789. The lowest BCUT2D eigenvalue weighted by Gasteiger charge is -2.42. The third kappa shape index (κ3) is 4.06. The minimum atomic E-state index is -0.508. The van der Waals surface area contributed by atoms with Gasteiger partial charge in [-0.3, -0.25) is 9.69 Å².